The summed E-state index contributed by atoms with van der Waals surface area (Å²) in [5, 5.41) is 8.96. The average Bonchev–Trinajstić information content (AvgIpc) is 2.27. The number of carbonyl (C=O) groups is 1. The molecule has 0 aliphatic rings. The van der Waals surface area contributed by atoms with E-state index in [1.165, 1.54) is 0 Å². The Balaban J connectivity index is 3.71. The molecule has 3 N–H and O–H groups in total. The highest BCUT2D eigenvalue weighted by molar-refractivity contribution is 7.90. The predicted molar refractivity (Wildman–Crippen MR) is 65.5 cm³/mol. The molecule has 0 radical (unpaired) electrons. The molecular weight excluding hydrogens is 296 g/mol. The summed E-state index contributed by atoms with van der Waals surface area (Å²) in [6.07, 6.45) is 0.630. The summed E-state index contributed by atoms with van der Waals surface area (Å²) in [5.41, 5.74) is 4.90. The second-order valence-corrected chi connectivity index (χ2v) is 5.98. The van der Waals surface area contributed by atoms with E-state index in [0.29, 0.717) is 12.3 Å². The molecule has 0 saturated carbocycles. The first kappa shape index (κ1) is 16.3. The fourth-order valence-corrected chi connectivity index (χ4v) is 2.60. The second kappa shape index (κ2) is 5.71. The number of methoxy groups -OCH3 is 1. The number of halogens is 2. The zero-order chi connectivity index (χ0) is 15.7. The number of hydrogen-bond acceptors (Lipinski definition) is 5. The van der Waals surface area contributed by atoms with Crippen molar-refractivity contribution in [2.45, 2.75) is 10.8 Å². The molecule has 6 nitrogen and oxygen atoms in total. The van der Waals surface area contributed by atoms with E-state index in [0.717, 1.165) is 7.11 Å². The van der Waals surface area contributed by atoms with Crippen molar-refractivity contribution in [3.8, 4) is 5.75 Å². The molecule has 0 saturated heterocycles. The highest BCUT2D eigenvalue weighted by Gasteiger charge is 2.31. The van der Waals surface area contributed by atoms with Crippen LogP contribution in [0.5, 0.6) is 5.75 Å². The Hall–Kier alpha value is -1.74. The first-order valence-electron chi connectivity index (χ1n) is 5.33. The van der Waals surface area contributed by atoms with Gasteiger partial charge in [0.2, 0.25) is 0 Å². The summed E-state index contributed by atoms with van der Waals surface area (Å²) in [6.45, 7) is -0.428. The van der Waals surface area contributed by atoms with Crippen LogP contribution in [-0.4, -0.2) is 39.4 Å². The van der Waals surface area contributed by atoms with Crippen molar-refractivity contribution in [3.05, 3.63) is 23.3 Å². The number of aliphatic carboxylic acids is 1. The molecule has 1 aromatic carbocycles. The molecule has 0 aromatic heterocycles. The molecule has 0 heterocycles. The van der Waals surface area contributed by atoms with Crippen LogP contribution in [0.2, 0.25) is 0 Å². The van der Waals surface area contributed by atoms with Crippen molar-refractivity contribution in [1.82, 2.24) is 0 Å². The van der Waals surface area contributed by atoms with Crippen molar-refractivity contribution >= 4 is 15.8 Å². The van der Waals surface area contributed by atoms with Gasteiger partial charge in [0.05, 0.1) is 13.0 Å². The van der Waals surface area contributed by atoms with Gasteiger partial charge in [-0.3, -0.25) is 4.79 Å². The van der Waals surface area contributed by atoms with Gasteiger partial charge >= 0.3 is 5.97 Å². The summed E-state index contributed by atoms with van der Waals surface area (Å²) in [5.74, 6) is -6.32. The van der Waals surface area contributed by atoms with Crippen molar-refractivity contribution < 1.29 is 31.8 Å². The second-order valence-electron chi connectivity index (χ2n) is 4.02. The van der Waals surface area contributed by atoms with E-state index in [9.17, 15) is 22.0 Å². The lowest BCUT2D eigenvalue weighted by Gasteiger charge is -2.17. The Bertz CT molecular complexity index is 645. The topological polar surface area (TPSA) is 107 Å². The Morgan fingerprint density at radius 2 is 2.05 bits per heavy atom. The lowest BCUT2D eigenvalue weighted by Crippen LogP contribution is -2.23. The van der Waals surface area contributed by atoms with Gasteiger partial charge in [0.1, 0.15) is 10.7 Å². The molecule has 0 fully saturated rings. The minimum absolute atomic E-state index is 0.357. The van der Waals surface area contributed by atoms with Crippen molar-refractivity contribution in [2.75, 3.05) is 19.9 Å². The summed E-state index contributed by atoms with van der Waals surface area (Å²) >= 11 is 0. The number of sulfone groups is 1. The molecule has 0 spiro atoms. The number of ether oxygens (including phenoxy) is 1. The van der Waals surface area contributed by atoms with E-state index in [1.807, 2.05) is 0 Å². The molecule has 0 aliphatic carbocycles. The summed E-state index contributed by atoms with van der Waals surface area (Å²) < 4.78 is 55.2. The first-order valence-corrected chi connectivity index (χ1v) is 7.23. The summed E-state index contributed by atoms with van der Waals surface area (Å²) in [6, 6.07) is 0.615. The van der Waals surface area contributed by atoms with Crippen LogP contribution in [0.25, 0.3) is 0 Å². The monoisotopic (exact) mass is 309 g/mol. The molecule has 0 bridgehead atoms. The van der Waals surface area contributed by atoms with Crippen LogP contribution < -0.4 is 10.5 Å². The van der Waals surface area contributed by atoms with Gasteiger partial charge < -0.3 is 15.6 Å². The largest absolute Gasteiger partial charge is 0.493 e. The molecular formula is C11H13F2NO5S. The molecule has 1 rings (SSSR count). The van der Waals surface area contributed by atoms with E-state index in [2.05, 4.69) is 4.74 Å². The number of carboxylic acids is 1. The molecule has 0 amide bonds. The summed E-state index contributed by atoms with van der Waals surface area (Å²) in [4.78, 5) is 9.84. The molecule has 112 valence electrons. The molecule has 1 aromatic rings. The maximum atomic E-state index is 14.1. The van der Waals surface area contributed by atoms with Crippen LogP contribution in [-0.2, 0) is 14.6 Å². The van der Waals surface area contributed by atoms with Gasteiger partial charge in [0.15, 0.2) is 21.4 Å². The Morgan fingerprint density at radius 3 is 2.40 bits per heavy atom. The van der Waals surface area contributed by atoms with Gasteiger partial charge in [-0.15, -0.1) is 0 Å². The molecule has 20 heavy (non-hydrogen) atoms. The standard InChI is InChI=1S/C11H13F2NO5S/c1-19-9-5(6(4-14)11(15)16)3-7(12)10(8(9)13)20(2,17)18/h3,6H,4,14H2,1-2H3,(H,15,16). The van der Waals surface area contributed by atoms with Gasteiger partial charge in [-0.2, -0.15) is 0 Å². The fourth-order valence-electron chi connectivity index (χ4n) is 1.77. The van der Waals surface area contributed by atoms with Gasteiger partial charge in [0.25, 0.3) is 0 Å². The van der Waals surface area contributed by atoms with Crippen LogP contribution in [0.4, 0.5) is 8.78 Å². The van der Waals surface area contributed by atoms with E-state index >= 15 is 0 Å². The number of carboxylic acid groups (broad SMARTS) is 1. The lowest BCUT2D eigenvalue weighted by atomic mass is 9.98. The molecule has 1 atom stereocenters. The summed E-state index contributed by atoms with van der Waals surface area (Å²) in [7, 11) is -3.16. The molecule has 1 unspecified atom stereocenters. The minimum Gasteiger partial charge on any atom is -0.493 e. The lowest BCUT2D eigenvalue weighted by molar-refractivity contribution is -0.138. The third-order valence-corrected chi connectivity index (χ3v) is 3.76. The number of rotatable bonds is 5. The van der Waals surface area contributed by atoms with Crippen LogP contribution >= 0.6 is 0 Å². The van der Waals surface area contributed by atoms with Gasteiger partial charge in [-0.25, -0.2) is 17.2 Å². The third-order valence-electron chi connectivity index (χ3n) is 2.64. The smallest absolute Gasteiger partial charge is 0.312 e. The zero-order valence-corrected chi connectivity index (χ0v) is 11.5. The SMILES string of the molecule is COc1c(C(CN)C(=O)O)cc(F)c(S(C)(=O)=O)c1F. The van der Waals surface area contributed by atoms with Gasteiger partial charge in [-0.1, -0.05) is 0 Å². The Labute approximate surface area is 114 Å². The van der Waals surface area contributed by atoms with Crippen molar-refractivity contribution in [3.63, 3.8) is 0 Å². The highest BCUT2D eigenvalue weighted by atomic mass is 32.2. The van der Waals surface area contributed by atoms with Crippen molar-refractivity contribution in [1.29, 1.82) is 0 Å². The van der Waals surface area contributed by atoms with Crippen molar-refractivity contribution in [2.24, 2.45) is 5.73 Å². The predicted octanol–water partition coefficient (Wildman–Crippen LogP) is 0.504. The maximum absolute atomic E-state index is 14.1. The van der Waals surface area contributed by atoms with E-state index < -0.39 is 50.5 Å². The quantitative estimate of drug-likeness (QED) is 0.820. The first-order chi connectivity index (χ1) is 9.15. The molecule has 0 aliphatic heterocycles. The highest BCUT2D eigenvalue weighted by Crippen LogP contribution is 2.35. The van der Waals surface area contributed by atoms with Crippen LogP contribution in [0, 0.1) is 11.6 Å². The fraction of sp³-hybridized carbons (Fsp3) is 0.364. The Morgan fingerprint density at radius 1 is 1.50 bits per heavy atom. The van der Waals surface area contributed by atoms with Gasteiger partial charge in [-0.05, 0) is 6.07 Å². The van der Waals surface area contributed by atoms with E-state index in [4.69, 9.17) is 10.8 Å². The van der Waals surface area contributed by atoms with Gasteiger partial charge in [0, 0.05) is 18.4 Å². The Kier molecular flexibility index (Phi) is 4.66. The average molecular weight is 309 g/mol. The zero-order valence-electron chi connectivity index (χ0n) is 10.7. The normalized spacial score (nSPS) is 13.1. The number of benzene rings is 1. The maximum Gasteiger partial charge on any atom is 0.312 e. The van der Waals surface area contributed by atoms with Crippen LogP contribution in [0.3, 0.4) is 0 Å². The third kappa shape index (κ3) is 2.88. The van der Waals surface area contributed by atoms with Crippen LogP contribution in [0.15, 0.2) is 11.0 Å². The molecule has 9 heteroatoms. The minimum atomic E-state index is -4.17. The van der Waals surface area contributed by atoms with E-state index in [-0.39, 0.29) is 5.56 Å². The van der Waals surface area contributed by atoms with Crippen LogP contribution in [0.1, 0.15) is 11.5 Å². The number of hydrogen-bond donors (Lipinski definition) is 2. The van der Waals surface area contributed by atoms with E-state index in [1.54, 1.807) is 0 Å². The number of nitrogens with two attached hydrogens (primary N) is 1.